The zero-order chi connectivity index (χ0) is 34.1. The van der Waals surface area contributed by atoms with Gasteiger partial charge in [0.25, 0.3) is 0 Å². The molecule has 2 aliphatic heterocycles. The van der Waals surface area contributed by atoms with Crippen LogP contribution in [-0.2, 0) is 0 Å². The van der Waals surface area contributed by atoms with Crippen molar-refractivity contribution in [2.75, 3.05) is 11.4 Å². The second-order valence-corrected chi connectivity index (χ2v) is 13.2. The third-order valence-corrected chi connectivity index (χ3v) is 10.0. The Kier molecular flexibility index (Phi) is 7.92. The van der Waals surface area contributed by atoms with E-state index in [-0.39, 0.29) is 12.3 Å². The second-order valence-electron chi connectivity index (χ2n) is 13.2. The molecule has 246 valence electrons. The molecule has 0 fully saturated rings. The van der Waals surface area contributed by atoms with Crippen molar-refractivity contribution < 1.29 is 0 Å². The van der Waals surface area contributed by atoms with Gasteiger partial charge >= 0.3 is 0 Å². The summed E-state index contributed by atoms with van der Waals surface area (Å²) >= 11 is 0. The Bertz CT molecular complexity index is 2470. The summed E-state index contributed by atoms with van der Waals surface area (Å²) in [6, 6.07) is 54.3. The topological polar surface area (TPSA) is 32.2 Å². The van der Waals surface area contributed by atoms with E-state index in [0.29, 0.717) is 0 Å². The third kappa shape index (κ3) is 5.76. The molecule has 4 nitrogen and oxygen atoms in total. The van der Waals surface area contributed by atoms with Gasteiger partial charge in [-0.1, -0.05) is 140 Å². The van der Waals surface area contributed by atoms with E-state index in [0.717, 1.165) is 40.3 Å². The molecule has 51 heavy (non-hydrogen) atoms. The van der Waals surface area contributed by atoms with E-state index in [2.05, 4.69) is 209 Å². The Balaban J connectivity index is 1.15. The molecule has 0 amide bonds. The van der Waals surface area contributed by atoms with E-state index in [1.54, 1.807) is 0 Å². The molecule has 7 aromatic rings. The number of para-hydroxylation sites is 2. The van der Waals surface area contributed by atoms with Crippen LogP contribution in [0.5, 0.6) is 0 Å². The van der Waals surface area contributed by atoms with Crippen molar-refractivity contribution in [3.63, 3.8) is 0 Å². The molecular weight excluding hydrogens is 621 g/mol. The Labute approximate surface area is 299 Å². The first-order valence-corrected chi connectivity index (χ1v) is 17.6. The molecule has 0 saturated carbocycles. The molecule has 4 heteroatoms. The smallest absolute Gasteiger partial charge is 0.160 e. The molecular formula is C47H38N4. The van der Waals surface area contributed by atoms with E-state index in [1.807, 2.05) is 0 Å². The SMILES string of the molecule is C=C1/C=C\C=C/CN(c2ccccc2)c2ccc(-c3ccc4c(c3)c3ccccc3n4C3NC(c4ccccc4)=CC(c4ccccc4)N3)cc21. The largest absolute Gasteiger partial charge is 0.352 e. The highest BCUT2D eigenvalue weighted by molar-refractivity contribution is 6.09. The van der Waals surface area contributed by atoms with Gasteiger partial charge in [0.15, 0.2) is 6.29 Å². The number of rotatable bonds is 5. The molecule has 1 aromatic heterocycles. The lowest BCUT2D eigenvalue weighted by Crippen LogP contribution is -2.43. The van der Waals surface area contributed by atoms with Crippen molar-refractivity contribution in [2.45, 2.75) is 12.3 Å². The van der Waals surface area contributed by atoms with E-state index in [1.165, 1.54) is 38.5 Å². The monoisotopic (exact) mass is 658 g/mol. The van der Waals surface area contributed by atoms with E-state index < -0.39 is 0 Å². The van der Waals surface area contributed by atoms with Crippen molar-refractivity contribution in [3.8, 4) is 11.1 Å². The van der Waals surface area contributed by atoms with Gasteiger partial charge in [-0.15, -0.1) is 0 Å². The number of benzene rings is 6. The van der Waals surface area contributed by atoms with Crippen LogP contribution < -0.4 is 15.5 Å². The number of allylic oxidation sites excluding steroid dienone is 4. The van der Waals surface area contributed by atoms with E-state index in [4.69, 9.17) is 0 Å². The maximum atomic E-state index is 4.49. The summed E-state index contributed by atoms with van der Waals surface area (Å²) in [7, 11) is 0. The zero-order valence-corrected chi connectivity index (χ0v) is 28.3. The van der Waals surface area contributed by atoms with Crippen LogP contribution in [0, 0.1) is 0 Å². The maximum Gasteiger partial charge on any atom is 0.160 e. The second kappa shape index (κ2) is 13.2. The lowest BCUT2D eigenvalue weighted by atomic mass is 9.96. The zero-order valence-electron chi connectivity index (χ0n) is 28.3. The first-order chi connectivity index (χ1) is 25.2. The standard InChI is InChI=1S/C47H38N4/c1-33-16-6-5-15-29-50(38-21-11-4-12-22-38)44-27-25-36(30-40(33)44)37-26-28-46-41(31-37)39-23-13-14-24-45(39)51(46)47-48-42(34-17-7-2-8-18-34)32-43(49-47)35-19-9-3-10-20-35/h2-28,30-32,42,47-49H,1,29H2/b15-5-,16-6-. The number of aromatic nitrogens is 1. The van der Waals surface area contributed by atoms with Crippen LogP contribution in [0.15, 0.2) is 189 Å². The Morgan fingerprint density at radius 2 is 1.29 bits per heavy atom. The summed E-state index contributed by atoms with van der Waals surface area (Å²) in [6.07, 6.45) is 10.6. The van der Waals surface area contributed by atoms with Crippen LogP contribution in [0.2, 0.25) is 0 Å². The first kappa shape index (κ1) is 30.7. The number of hydrogen-bond donors (Lipinski definition) is 2. The number of fused-ring (bicyclic) bond motifs is 4. The molecule has 2 atom stereocenters. The fraction of sp³-hybridized carbons (Fsp3) is 0.0638. The quantitative estimate of drug-likeness (QED) is 0.193. The fourth-order valence-electron chi connectivity index (χ4n) is 7.54. The van der Waals surface area contributed by atoms with E-state index >= 15 is 0 Å². The molecule has 9 rings (SSSR count). The van der Waals surface area contributed by atoms with Crippen LogP contribution in [0.25, 0.3) is 44.2 Å². The van der Waals surface area contributed by atoms with Gasteiger partial charge in [0.2, 0.25) is 0 Å². The molecule has 0 aliphatic carbocycles. The summed E-state index contributed by atoms with van der Waals surface area (Å²) in [5.41, 5.74) is 12.6. The van der Waals surface area contributed by atoms with Crippen molar-refractivity contribution >= 4 is 44.5 Å². The van der Waals surface area contributed by atoms with Crippen LogP contribution in [0.4, 0.5) is 11.4 Å². The van der Waals surface area contributed by atoms with Crippen molar-refractivity contribution in [2.24, 2.45) is 0 Å². The maximum absolute atomic E-state index is 4.49. The summed E-state index contributed by atoms with van der Waals surface area (Å²) in [5, 5.41) is 10.2. The van der Waals surface area contributed by atoms with Crippen molar-refractivity contribution in [1.82, 2.24) is 15.2 Å². The van der Waals surface area contributed by atoms with Gasteiger partial charge in [0.1, 0.15) is 0 Å². The highest BCUT2D eigenvalue weighted by Crippen LogP contribution is 2.40. The lowest BCUT2D eigenvalue weighted by molar-refractivity contribution is 0.350. The van der Waals surface area contributed by atoms with Gasteiger partial charge in [-0.3, -0.25) is 5.32 Å². The van der Waals surface area contributed by atoms with Gasteiger partial charge in [0, 0.05) is 40.0 Å². The van der Waals surface area contributed by atoms with Crippen LogP contribution in [0.3, 0.4) is 0 Å². The van der Waals surface area contributed by atoms with Gasteiger partial charge in [0.05, 0.1) is 17.1 Å². The van der Waals surface area contributed by atoms with Crippen LogP contribution >= 0.6 is 0 Å². The molecule has 6 aromatic carbocycles. The van der Waals surface area contributed by atoms with Gasteiger partial charge in [-0.2, -0.15) is 0 Å². The fourth-order valence-corrected chi connectivity index (χ4v) is 7.54. The molecule has 3 heterocycles. The predicted octanol–water partition coefficient (Wildman–Crippen LogP) is 11.2. The Hall–Kier alpha value is -6.36. The predicted molar refractivity (Wildman–Crippen MR) is 215 cm³/mol. The minimum atomic E-state index is -0.184. The highest BCUT2D eigenvalue weighted by Gasteiger charge is 2.27. The molecule has 0 bridgehead atoms. The molecule has 2 aliphatic rings. The third-order valence-electron chi connectivity index (χ3n) is 10.0. The minimum Gasteiger partial charge on any atom is -0.352 e. The Morgan fingerprint density at radius 1 is 0.608 bits per heavy atom. The van der Waals surface area contributed by atoms with Gasteiger partial charge in [-0.05, 0) is 76.4 Å². The van der Waals surface area contributed by atoms with Crippen molar-refractivity contribution in [1.29, 1.82) is 0 Å². The number of anilines is 2. The van der Waals surface area contributed by atoms with Crippen molar-refractivity contribution in [3.05, 3.63) is 205 Å². The molecule has 0 saturated heterocycles. The molecule has 0 radical (unpaired) electrons. The molecule has 2 unspecified atom stereocenters. The highest BCUT2D eigenvalue weighted by atomic mass is 15.3. The summed E-state index contributed by atoms with van der Waals surface area (Å²) < 4.78 is 2.42. The lowest BCUT2D eigenvalue weighted by Gasteiger charge is -2.34. The molecule has 2 N–H and O–H groups in total. The van der Waals surface area contributed by atoms with E-state index in [9.17, 15) is 0 Å². The average molecular weight is 659 g/mol. The first-order valence-electron chi connectivity index (χ1n) is 17.6. The number of hydrogen-bond acceptors (Lipinski definition) is 3. The molecule has 0 spiro atoms. The van der Waals surface area contributed by atoms with Gasteiger partial charge < -0.3 is 14.8 Å². The number of nitrogens with one attached hydrogen (secondary N) is 2. The average Bonchev–Trinajstić information content (AvgIpc) is 3.56. The normalized spacial score (nSPS) is 18.6. The van der Waals surface area contributed by atoms with Gasteiger partial charge in [-0.25, -0.2) is 0 Å². The number of nitrogens with zero attached hydrogens (tertiary/aromatic N) is 2. The summed E-state index contributed by atoms with van der Waals surface area (Å²) in [6.45, 7) is 5.27. The summed E-state index contributed by atoms with van der Waals surface area (Å²) in [4.78, 5) is 2.36. The van der Waals surface area contributed by atoms with Crippen LogP contribution in [0.1, 0.15) is 29.0 Å². The van der Waals surface area contributed by atoms with Crippen LogP contribution in [-0.4, -0.2) is 11.1 Å². The Morgan fingerprint density at radius 3 is 2.12 bits per heavy atom. The minimum absolute atomic E-state index is 0.0314. The summed E-state index contributed by atoms with van der Waals surface area (Å²) in [5.74, 6) is 0.